The number of carboxylic acids is 1. The number of amides is 2. The third-order valence-electron chi connectivity index (χ3n) is 20.5. The lowest BCUT2D eigenvalue weighted by atomic mass is 9.29. The normalized spacial score (nSPS) is 39.9. The van der Waals surface area contributed by atoms with Crippen LogP contribution in [0.3, 0.4) is 0 Å². The van der Waals surface area contributed by atoms with Gasteiger partial charge in [0.15, 0.2) is 5.78 Å². The number of ketones is 1. The van der Waals surface area contributed by atoms with Crippen LogP contribution in [0.15, 0.2) is 35.4 Å². The molecule has 346 valence electrons. The zero-order chi connectivity index (χ0) is 46.1. The van der Waals surface area contributed by atoms with Gasteiger partial charge in [0.25, 0.3) is 5.91 Å². The van der Waals surface area contributed by atoms with Crippen molar-refractivity contribution >= 4 is 41.1 Å². The summed E-state index contributed by atoms with van der Waals surface area (Å²) < 4.78 is 6.48. The number of aliphatic hydroxyl groups excluding tert-OH is 1. The Balaban J connectivity index is 1.02. The summed E-state index contributed by atoms with van der Waals surface area (Å²) in [6.07, 6.45) is 6.35. The van der Waals surface area contributed by atoms with Crippen LogP contribution in [-0.4, -0.2) is 77.1 Å². The van der Waals surface area contributed by atoms with Gasteiger partial charge in [-0.05, 0) is 132 Å². The standard InChI is InChI=1S/C51H72ClN3O8/c1-28(2)38-34(56)24-50(36(57)25-54-43(62)51(26-53-27-51)55-40(58)29-11-13-30(52)14-12-29)22-20-46(7)31(39(38)50)15-16-35-47(46,8)19-21-49(10)45(5,6)37(17-18-48(35,49)9)63-42(61)33-23-32(41(59)60)44(33,3)4/h11-14,28,31-33,35-37,53,57H,15-27H2,1-10H3,(H,54,62)(H,55,58)(H,59,60)/t31-,32+,33-,35+,36+,37+,46-,47?,48-,49+,50+/m1/s1. The second-order valence-electron chi connectivity index (χ2n) is 23.6. The van der Waals surface area contributed by atoms with Gasteiger partial charge in [0.2, 0.25) is 5.91 Å². The van der Waals surface area contributed by atoms with E-state index in [9.17, 15) is 34.2 Å². The molecule has 63 heavy (non-hydrogen) atoms. The van der Waals surface area contributed by atoms with E-state index in [1.807, 2.05) is 13.8 Å². The molecule has 11 atom stereocenters. The van der Waals surface area contributed by atoms with Crippen molar-refractivity contribution in [3.05, 3.63) is 46.0 Å². The number of carbonyl (C=O) groups is 5. The first-order valence-corrected chi connectivity index (χ1v) is 24.1. The fourth-order valence-corrected chi connectivity index (χ4v) is 15.7. The second kappa shape index (κ2) is 15.1. The molecular formula is C51H72ClN3O8. The maximum atomic E-state index is 14.3. The molecule has 1 heterocycles. The number of nitrogens with one attached hydrogen (secondary N) is 3. The van der Waals surface area contributed by atoms with Crippen molar-refractivity contribution in [3.8, 4) is 0 Å². The quantitative estimate of drug-likeness (QED) is 0.147. The van der Waals surface area contributed by atoms with Crippen molar-refractivity contribution in [1.29, 1.82) is 0 Å². The summed E-state index contributed by atoms with van der Waals surface area (Å²) in [5.74, 6) is -2.25. The summed E-state index contributed by atoms with van der Waals surface area (Å²) in [4.78, 5) is 67.1. The molecule has 5 N–H and O–H groups in total. The van der Waals surface area contributed by atoms with Crippen LogP contribution in [0, 0.1) is 67.5 Å². The number of benzene rings is 1. The van der Waals surface area contributed by atoms with E-state index in [0.29, 0.717) is 29.3 Å². The van der Waals surface area contributed by atoms with Crippen LogP contribution in [-0.2, 0) is 23.9 Å². The van der Waals surface area contributed by atoms with Crippen molar-refractivity contribution in [2.45, 2.75) is 151 Å². The number of aliphatic carboxylic acids is 1. The van der Waals surface area contributed by atoms with Crippen LogP contribution >= 0.6 is 11.6 Å². The van der Waals surface area contributed by atoms with Crippen molar-refractivity contribution in [3.63, 3.8) is 0 Å². The first-order chi connectivity index (χ1) is 29.3. The van der Waals surface area contributed by atoms with Crippen molar-refractivity contribution in [2.75, 3.05) is 19.6 Å². The van der Waals surface area contributed by atoms with E-state index in [-0.39, 0.29) is 94.6 Å². The molecule has 6 aliphatic carbocycles. The molecule has 0 aromatic heterocycles. The minimum atomic E-state index is -1.17. The number of halogens is 1. The number of allylic oxidation sites excluding steroid dienone is 1. The van der Waals surface area contributed by atoms with Crippen LogP contribution < -0.4 is 16.0 Å². The topological polar surface area (TPSA) is 171 Å². The number of rotatable bonds is 10. The lowest BCUT2D eigenvalue weighted by Gasteiger charge is -2.75. The Morgan fingerprint density at radius 3 is 2.10 bits per heavy atom. The lowest BCUT2D eigenvalue weighted by molar-refractivity contribution is -0.273. The van der Waals surface area contributed by atoms with E-state index in [0.717, 1.165) is 56.1 Å². The summed E-state index contributed by atoms with van der Waals surface area (Å²) in [7, 11) is 0. The molecule has 5 saturated carbocycles. The zero-order valence-electron chi connectivity index (χ0n) is 39.3. The Morgan fingerprint density at radius 1 is 0.857 bits per heavy atom. The van der Waals surface area contributed by atoms with Gasteiger partial charge in [-0.25, -0.2) is 0 Å². The number of Topliss-reactive ketones (excluding diaryl/α,β-unsaturated/α-hetero) is 1. The van der Waals surface area contributed by atoms with Gasteiger partial charge in [-0.3, -0.25) is 24.0 Å². The SMILES string of the molecule is CC(C)C1=C2[C@H]3CC[C@H]4C(C)(CC[C@@]5(C)C(C)(C)[C@@H](OC(=O)[C@H]6C[C@@H](C(=O)O)C6(C)C)CC[C@]45C)[C@]3(C)CC[C@@]2([C@@H](O)CNC(=O)C2(NC(=O)c3ccc(Cl)cc3)CNC2)CC1=O. The van der Waals surface area contributed by atoms with E-state index in [1.54, 1.807) is 24.3 Å². The van der Waals surface area contributed by atoms with Gasteiger partial charge in [0.1, 0.15) is 11.6 Å². The molecule has 1 aromatic carbocycles. The summed E-state index contributed by atoms with van der Waals surface area (Å²) >= 11 is 6.04. The number of carboxylic acid groups (broad SMARTS) is 1. The Bertz CT molecular complexity index is 2130. The first-order valence-electron chi connectivity index (χ1n) is 23.7. The highest BCUT2D eigenvalue weighted by Gasteiger charge is 2.74. The third kappa shape index (κ3) is 6.41. The van der Waals surface area contributed by atoms with Crippen molar-refractivity contribution in [2.24, 2.45) is 67.5 Å². The molecule has 8 rings (SSSR count). The highest BCUT2D eigenvalue weighted by Crippen LogP contribution is 2.80. The molecule has 1 aliphatic heterocycles. The van der Waals surface area contributed by atoms with Crippen LogP contribution in [0.4, 0.5) is 0 Å². The average molecular weight is 891 g/mol. The van der Waals surface area contributed by atoms with E-state index < -0.39 is 40.3 Å². The molecule has 0 spiro atoms. The molecule has 0 radical (unpaired) electrons. The summed E-state index contributed by atoms with van der Waals surface area (Å²) in [5, 5.41) is 31.7. The van der Waals surface area contributed by atoms with Gasteiger partial charge >= 0.3 is 11.9 Å². The Kier molecular flexibility index (Phi) is 11.1. The fourth-order valence-electron chi connectivity index (χ4n) is 15.5. The van der Waals surface area contributed by atoms with E-state index in [1.165, 1.54) is 0 Å². The number of hydrogen-bond donors (Lipinski definition) is 5. The maximum Gasteiger partial charge on any atom is 0.309 e. The highest BCUT2D eigenvalue weighted by molar-refractivity contribution is 6.30. The van der Waals surface area contributed by atoms with Crippen LogP contribution in [0.1, 0.15) is 144 Å². The van der Waals surface area contributed by atoms with Crippen LogP contribution in [0.2, 0.25) is 5.02 Å². The molecule has 1 aromatic rings. The molecule has 11 nitrogen and oxygen atoms in total. The minimum Gasteiger partial charge on any atom is -0.481 e. The Morgan fingerprint density at radius 2 is 1.51 bits per heavy atom. The number of esters is 1. The van der Waals surface area contributed by atoms with Crippen molar-refractivity contribution < 1.29 is 38.9 Å². The van der Waals surface area contributed by atoms with E-state index >= 15 is 0 Å². The van der Waals surface area contributed by atoms with Gasteiger partial charge in [0, 0.05) is 47.5 Å². The second-order valence-corrected chi connectivity index (χ2v) is 24.0. The lowest BCUT2D eigenvalue weighted by Crippen LogP contribution is -2.75. The van der Waals surface area contributed by atoms with Gasteiger partial charge in [-0.15, -0.1) is 0 Å². The molecule has 1 saturated heterocycles. The zero-order valence-corrected chi connectivity index (χ0v) is 40.0. The Hall–Kier alpha value is -3.28. The molecule has 7 aliphatic rings. The van der Waals surface area contributed by atoms with Crippen LogP contribution in [0.25, 0.3) is 0 Å². The predicted molar refractivity (Wildman–Crippen MR) is 240 cm³/mol. The summed E-state index contributed by atoms with van der Waals surface area (Å²) in [6, 6.07) is 6.51. The summed E-state index contributed by atoms with van der Waals surface area (Å²) in [5.41, 5.74) is -0.950. The maximum absolute atomic E-state index is 14.3. The number of aliphatic hydroxyl groups is 1. The first kappa shape index (κ1) is 46.3. The highest BCUT2D eigenvalue weighted by atomic mass is 35.5. The summed E-state index contributed by atoms with van der Waals surface area (Å²) in [6.45, 7) is 22.9. The smallest absolute Gasteiger partial charge is 0.309 e. The van der Waals surface area contributed by atoms with Gasteiger partial charge in [0.05, 0.1) is 17.9 Å². The van der Waals surface area contributed by atoms with E-state index in [2.05, 4.69) is 71.3 Å². The number of carbonyl (C=O) groups excluding carboxylic acids is 4. The van der Waals surface area contributed by atoms with Gasteiger partial charge in [-0.1, -0.05) is 86.4 Å². The molecule has 1 unspecified atom stereocenters. The van der Waals surface area contributed by atoms with Gasteiger partial charge in [-0.2, -0.15) is 0 Å². The number of hydrogen-bond acceptors (Lipinski definition) is 8. The third-order valence-corrected chi connectivity index (χ3v) is 20.7. The van der Waals surface area contributed by atoms with E-state index in [4.69, 9.17) is 16.3 Å². The number of fused-ring (bicyclic) bond motifs is 7. The fraction of sp³-hybridized carbons (Fsp3) is 0.745. The predicted octanol–water partition coefficient (Wildman–Crippen LogP) is 7.92. The number of ether oxygens (including phenoxy) is 1. The van der Waals surface area contributed by atoms with Crippen molar-refractivity contribution in [1.82, 2.24) is 16.0 Å². The van der Waals surface area contributed by atoms with Gasteiger partial charge < -0.3 is 30.9 Å². The molecule has 2 amide bonds. The average Bonchev–Trinajstić information content (AvgIpc) is 3.51. The molecule has 12 heteroatoms. The molecule has 6 fully saturated rings. The monoisotopic (exact) mass is 890 g/mol. The largest absolute Gasteiger partial charge is 0.481 e. The van der Waals surface area contributed by atoms with Crippen LogP contribution in [0.5, 0.6) is 0 Å². The molecular weight excluding hydrogens is 818 g/mol. The Labute approximate surface area is 379 Å². The molecule has 0 bridgehead atoms. The minimum absolute atomic E-state index is 0.0112.